The van der Waals surface area contributed by atoms with E-state index in [4.69, 9.17) is 33.6 Å². The molecule has 10 nitrogen and oxygen atoms in total. The fourth-order valence-electron chi connectivity index (χ4n) is 5.63. The Hall–Kier alpha value is -2.88. The van der Waals surface area contributed by atoms with Gasteiger partial charge in [0.05, 0.1) is 24.4 Å². The molecule has 2 unspecified atom stereocenters. The van der Waals surface area contributed by atoms with Crippen LogP contribution in [0, 0.1) is 9.54 Å². The van der Waals surface area contributed by atoms with Crippen LogP contribution in [0.4, 0.5) is 11.4 Å². The fourth-order valence-corrected chi connectivity index (χ4v) is 7.34. The largest absolute Gasteiger partial charge is 1.00 e. The summed E-state index contributed by atoms with van der Waals surface area (Å²) >= 11 is 10.5. The van der Waals surface area contributed by atoms with Crippen LogP contribution in [0.1, 0.15) is 35.6 Å². The van der Waals surface area contributed by atoms with Crippen molar-refractivity contribution < 1.29 is 53.4 Å². The van der Waals surface area contributed by atoms with E-state index in [1.54, 1.807) is 10.6 Å². The number of carbonyl (C=O) groups excluding carboxylic acids is 2. The molecule has 2 atom stereocenters. The second kappa shape index (κ2) is 16.5. The van der Waals surface area contributed by atoms with Gasteiger partial charge in [0.25, 0.3) is 0 Å². The molecular formula is C33H38N5NaO5S2Si. The Morgan fingerprint density at radius 1 is 1.02 bits per heavy atom. The number of fused-ring (bicyclic) bond motifs is 1. The van der Waals surface area contributed by atoms with Gasteiger partial charge in [-0.3, -0.25) is 19.6 Å². The average Bonchev–Trinajstić information content (AvgIpc) is 3.34. The molecule has 0 fully saturated rings. The van der Waals surface area contributed by atoms with Crippen LogP contribution in [0.25, 0.3) is 5.69 Å². The molecule has 1 amide bonds. The first-order valence-electron chi connectivity index (χ1n) is 15.2. The van der Waals surface area contributed by atoms with Gasteiger partial charge in [0.2, 0.25) is 5.91 Å². The molecule has 0 bridgehead atoms. The van der Waals surface area contributed by atoms with Gasteiger partial charge in [-0.2, -0.15) is 0 Å². The summed E-state index contributed by atoms with van der Waals surface area (Å²) in [5.74, 6) is -1.37. The van der Waals surface area contributed by atoms with Gasteiger partial charge in [0.1, 0.15) is 6.10 Å². The van der Waals surface area contributed by atoms with Gasteiger partial charge in [0.15, 0.2) is 17.9 Å². The van der Waals surface area contributed by atoms with Crippen LogP contribution in [0.5, 0.6) is 0 Å². The van der Waals surface area contributed by atoms with Gasteiger partial charge >= 0.3 is 29.6 Å². The van der Waals surface area contributed by atoms with Crippen LogP contribution >= 0.6 is 24.4 Å². The molecule has 1 aliphatic rings. The average molecular weight is 700 g/mol. The maximum atomic E-state index is 12.8. The second-order valence-corrected chi connectivity index (χ2v) is 17.5. The minimum absolute atomic E-state index is 0. The molecule has 1 aromatic heterocycles. The second-order valence-electron chi connectivity index (χ2n) is 12.3. The van der Waals surface area contributed by atoms with Gasteiger partial charge in [0, 0.05) is 37.3 Å². The molecule has 47 heavy (non-hydrogen) atoms. The Morgan fingerprint density at radius 3 is 2.34 bits per heavy atom. The van der Waals surface area contributed by atoms with Crippen LogP contribution in [0.2, 0.25) is 19.6 Å². The number of carboxylic acid groups (broad SMARTS) is 1. The van der Waals surface area contributed by atoms with E-state index >= 15 is 0 Å². The summed E-state index contributed by atoms with van der Waals surface area (Å²) in [6.45, 7) is 7.97. The van der Waals surface area contributed by atoms with Crippen LogP contribution in [0.15, 0.2) is 72.8 Å². The number of nitrogens with zero attached hydrogens (tertiary/aromatic N) is 2. The van der Waals surface area contributed by atoms with Crippen molar-refractivity contribution in [1.29, 1.82) is 0 Å². The number of H-pyrrole nitrogens is 2. The van der Waals surface area contributed by atoms with Crippen LogP contribution in [0.3, 0.4) is 0 Å². The maximum Gasteiger partial charge on any atom is 1.00 e. The molecule has 0 saturated carbocycles. The standard InChI is InChI=1S/C33H39N5O5S2Si.Na/c1-46(2,3)43-27-19-24-18-23(30(31(40)41)42-21-22-8-5-4-6-9-22)11-16-28(24)37(20-27)17-7-10-29(39)34-25-12-14-26(15-13-25)38-32(44)35-36-33(38)45;/h4-6,8-9,11-16,18,27,30H,7,10,17,19-21H2,1-3H3,(H,34,39)(H,35,44)(H,36,45)(H,40,41);/q;+1/p-1. The van der Waals surface area contributed by atoms with Crippen molar-refractivity contribution in [2.75, 3.05) is 23.3 Å². The number of aromatic amines is 2. The minimum atomic E-state index is -1.86. The van der Waals surface area contributed by atoms with Crippen molar-refractivity contribution in [3.63, 3.8) is 0 Å². The molecule has 1 aliphatic heterocycles. The third-order valence-electron chi connectivity index (χ3n) is 7.54. The number of anilines is 2. The molecule has 242 valence electrons. The Kier molecular flexibility index (Phi) is 13.0. The quantitative estimate of drug-likeness (QED) is 0.144. The summed E-state index contributed by atoms with van der Waals surface area (Å²) in [4.78, 5) is 27.2. The molecule has 0 spiro atoms. The number of ether oxygens (including phenoxy) is 1. The maximum absolute atomic E-state index is 12.8. The summed E-state index contributed by atoms with van der Waals surface area (Å²) in [5, 5.41) is 20.7. The number of benzene rings is 3. The van der Waals surface area contributed by atoms with Gasteiger partial charge in [-0.25, -0.2) is 0 Å². The smallest absolute Gasteiger partial charge is 0.547 e. The molecule has 0 radical (unpaired) electrons. The van der Waals surface area contributed by atoms with E-state index in [1.165, 1.54) is 0 Å². The number of hydrogen-bond acceptors (Lipinski definition) is 8. The predicted octanol–water partition coefficient (Wildman–Crippen LogP) is 2.61. The molecule has 3 N–H and O–H groups in total. The van der Waals surface area contributed by atoms with Crippen molar-refractivity contribution in [2.24, 2.45) is 0 Å². The number of aromatic nitrogens is 3. The Morgan fingerprint density at radius 2 is 1.70 bits per heavy atom. The molecule has 5 rings (SSSR count). The van der Waals surface area contributed by atoms with E-state index in [0.29, 0.717) is 53.1 Å². The van der Waals surface area contributed by atoms with E-state index in [-0.39, 0.29) is 48.2 Å². The van der Waals surface area contributed by atoms with Gasteiger partial charge in [-0.1, -0.05) is 42.5 Å². The van der Waals surface area contributed by atoms with Gasteiger partial charge in [-0.05, 0) is 97.5 Å². The van der Waals surface area contributed by atoms with Crippen molar-refractivity contribution in [2.45, 2.75) is 57.7 Å². The van der Waals surface area contributed by atoms with E-state index in [1.807, 2.05) is 66.7 Å². The first-order valence-corrected chi connectivity index (χ1v) is 19.4. The summed E-state index contributed by atoms with van der Waals surface area (Å²) in [6.07, 6.45) is 0.375. The molecule has 3 aromatic carbocycles. The number of amides is 1. The number of carbonyl (C=O) groups is 2. The van der Waals surface area contributed by atoms with Crippen molar-refractivity contribution >= 4 is 56.0 Å². The first kappa shape index (κ1) is 36.9. The van der Waals surface area contributed by atoms with Crippen molar-refractivity contribution in [3.8, 4) is 5.69 Å². The van der Waals surface area contributed by atoms with E-state index in [2.05, 4.69) is 40.1 Å². The molecule has 0 saturated heterocycles. The molecule has 2 heterocycles. The minimum Gasteiger partial charge on any atom is -0.547 e. The fraction of sp³-hybridized carbons (Fsp3) is 0.333. The van der Waals surface area contributed by atoms with Gasteiger partial charge < -0.3 is 29.3 Å². The van der Waals surface area contributed by atoms with Crippen LogP contribution < -0.4 is 44.9 Å². The predicted molar refractivity (Wildman–Crippen MR) is 184 cm³/mol. The normalized spacial score (nSPS) is 15.0. The molecule has 0 aliphatic carbocycles. The summed E-state index contributed by atoms with van der Waals surface area (Å²) < 4.78 is 15.0. The third-order valence-corrected chi connectivity index (χ3v) is 9.15. The number of nitrogens with one attached hydrogen (secondary N) is 3. The number of carboxylic acids is 1. The summed E-state index contributed by atoms with van der Waals surface area (Å²) in [7, 11) is -1.86. The van der Waals surface area contributed by atoms with Crippen molar-refractivity contribution in [1.82, 2.24) is 14.8 Å². The van der Waals surface area contributed by atoms with E-state index < -0.39 is 20.4 Å². The van der Waals surface area contributed by atoms with E-state index in [9.17, 15) is 14.7 Å². The zero-order chi connectivity index (χ0) is 32.8. The number of aliphatic carboxylic acids is 1. The Bertz CT molecular complexity index is 1760. The summed E-state index contributed by atoms with van der Waals surface area (Å²) in [6, 6.07) is 22.4. The SMILES string of the molecule is C[Si](C)(C)OC1Cc2cc(C(OCc3ccccc3)C(=O)[O-])ccc2N(CCCC(=O)Nc2ccc(-n3c(=S)[nH][nH]c3=S)cc2)C1.[Na+]. The zero-order valence-corrected chi connectivity index (χ0v) is 31.7. The van der Waals surface area contributed by atoms with Crippen LogP contribution in [-0.4, -0.2) is 54.2 Å². The number of rotatable bonds is 13. The molecule has 14 heteroatoms. The third kappa shape index (κ3) is 10.1. The Balaban J connectivity index is 0.00000500. The van der Waals surface area contributed by atoms with E-state index in [0.717, 1.165) is 22.5 Å². The zero-order valence-electron chi connectivity index (χ0n) is 27.1. The van der Waals surface area contributed by atoms with Crippen molar-refractivity contribution in [3.05, 3.63) is 99.0 Å². The number of hydrogen-bond donors (Lipinski definition) is 3. The monoisotopic (exact) mass is 699 g/mol. The van der Waals surface area contributed by atoms with Crippen LogP contribution in [-0.2, 0) is 31.8 Å². The molecular weight excluding hydrogens is 662 g/mol. The molecule has 4 aromatic rings. The topological polar surface area (TPSA) is 127 Å². The van der Waals surface area contributed by atoms with Gasteiger partial charge in [-0.15, -0.1) is 0 Å². The Labute approximate surface area is 307 Å². The first-order chi connectivity index (χ1) is 22.0. The summed E-state index contributed by atoms with van der Waals surface area (Å²) in [5.41, 5.74) is 4.90.